The maximum absolute atomic E-state index is 12.7. The van der Waals surface area contributed by atoms with Gasteiger partial charge >= 0.3 is 0 Å². The zero-order valence-electron chi connectivity index (χ0n) is 11.3. The molecule has 1 N–H and O–H groups in total. The van der Waals surface area contributed by atoms with Crippen LogP contribution in [0.5, 0.6) is 0 Å². The summed E-state index contributed by atoms with van der Waals surface area (Å²) in [6.45, 7) is 4.09. The third-order valence-corrected chi connectivity index (χ3v) is 5.66. The van der Waals surface area contributed by atoms with Gasteiger partial charge in [-0.15, -0.1) is 0 Å². The molecule has 0 bridgehead atoms. The van der Waals surface area contributed by atoms with Crippen molar-refractivity contribution in [2.75, 3.05) is 18.7 Å². The average Bonchev–Trinajstić information content (AvgIpc) is 2.89. The van der Waals surface area contributed by atoms with E-state index >= 15 is 0 Å². The summed E-state index contributed by atoms with van der Waals surface area (Å²) in [5.74, 6) is -0.112. The van der Waals surface area contributed by atoms with Crippen molar-refractivity contribution >= 4 is 21.6 Å². The number of carbonyl (C=O) groups excluding carboxylic acids is 1. The highest BCUT2D eigenvalue weighted by Crippen LogP contribution is 2.32. The van der Waals surface area contributed by atoms with E-state index in [0.29, 0.717) is 17.9 Å². The van der Waals surface area contributed by atoms with Crippen LogP contribution in [0, 0.1) is 0 Å². The number of nitrogens with one attached hydrogen (secondary N) is 1. The van der Waals surface area contributed by atoms with Gasteiger partial charge in [-0.2, -0.15) is 4.31 Å². The molecule has 0 unspecified atom stereocenters. The fourth-order valence-corrected chi connectivity index (χ4v) is 4.22. The standard InChI is InChI=1S/C13H16N2O4S/c1-13(2)7-19-8-15(13)20(17,18)10-3-4-11-9(5-10)6-12(16)14-11/h3-5H,6-8H2,1-2H3,(H,14,16). The molecule has 1 aromatic carbocycles. The molecule has 3 rings (SSSR count). The summed E-state index contributed by atoms with van der Waals surface area (Å²) in [7, 11) is -3.62. The fourth-order valence-electron chi connectivity index (χ4n) is 2.51. The second-order valence-electron chi connectivity index (χ2n) is 5.69. The summed E-state index contributed by atoms with van der Waals surface area (Å²) < 4.78 is 32.0. The van der Waals surface area contributed by atoms with Crippen LogP contribution in [-0.4, -0.2) is 37.5 Å². The van der Waals surface area contributed by atoms with E-state index in [0.717, 1.165) is 0 Å². The zero-order valence-corrected chi connectivity index (χ0v) is 12.2. The van der Waals surface area contributed by atoms with Gasteiger partial charge in [-0.05, 0) is 37.6 Å². The number of amides is 1. The first kappa shape index (κ1) is 13.5. The van der Waals surface area contributed by atoms with Gasteiger partial charge in [-0.1, -0.05) is 0 Å². The Morgan fingerprint density at radius 3 is 2.75 bits per heavy atom. The molecule has 2 heterocycles. The van der Waals surface area contributed by atoms with E-state index in [1.807, 2.05) is 13.8 Å². The summed E-state index contributed by atoms with van der Waals surface area (Å²) in [6, 6.07) is 4.72. The SMILES string of the molecule is CC1(C)COCN1S(=O)(=O)c1ccc2c(c1)CC(=O)N2. The number of fused-ring (bicyclic) bond motifs is 1. The molecule has 6 nitrogen and oxygen atoms in total. The van der Waals surface area contributed by atoms with Gasteiger partial charge < -0.3 is 10.1 Å². The quantitative estimate of drug-likeness (QED) is 0.881. The lowest BCUT2D eigenvalue weighted by Crippen LogP contribution is -2.44. The fraction of sp³-hybridized carbons (Fsp3) is 0.462. The molecule has 0 radical (unpaired) electrons. The largest absolute Gasteiger partial charge is 0.363 e. The van der Waals surface area contributed by atoms with E-state index in [4.69, 9.17) is 4.74 Å². The first-order valence-electron chi connectivity index (χ1n) is 6.34. The van der Waals surface area contributed by atoms with Gasteiger partial charge in [-0.3, -0.25) is 4.79 Å². The Bertz CT molecular complexity index is 682. The normalized spacial score (nSPS) is 21.8. The van der Waals surface area contributed by atoms with Crippen molar-refractivity contribution in [2.24, 2.45) is 0 Å². The lowest BCUT2D eigenvalue weighted by molar-refractivity contribution is -0.115. The minimum atomic E-state index is -3.62. The second kappa shape index (κ2) is 4.28. The van der Waals surface area contributed by atoms with E-state index in [9.17, 15) is 13.2 Å². The van der Waals surface area contributed by atoms with Gasteiger partial charge in [0.15, 0.2) is 0 Å². The summed E-state index contributed by atoms with van der Waals surface area (Å²) in [4.78, 5) is 11.5. The Kier molecular flexibility index (Phi) is 2.89. The molecule has 1 fully saturated rings. The zero-order chi connectivity index (χ0) is 14.5. The van der Waals surface area contributed by atoms with Crippen LogP contribution in [0.3, 0.4) is 0 Å². The first-order valence-corrected chi connectivity index (χ1v) is 7.78. The van der Waals surface area contributed by atoms with Gasteiger partial charge in [0, 0.05) is 5.69 Å². The van der Waals surface area contributed by atoms with Crippen molar-refractivity contribution in [3.05, 3.63) is 23.8 Å². The molecule has 0 aromatic heterocycles. The minimum absolute atomic E-state index is 0.0591. The van der Waals surface area contributed by atoms with Crippen molar-refractivity contribution in [1.29, 1.82) is 0 Å². The number of carbonyl (C=O) groups is 1. The predicted molar refractivity (Wildman–Crippen MR) is 72.7 cm³/mol. The van der Waals surface area contributed by atoms with Gasteiger partial charge in [0.1, 0.15) is 6.73 Å². The number of anilines is 1. The molecule has 0 saturated carbocycles. The summed E-state index contributed by atoms with van der Waals surface area (Å²) >= 11 is 0. The third-order valence-electron chi connectivity index (χ3n) is 3.63. The van der Waals surface area contributed by atoms with E-state index in [2.05, 4.69) is 5.32 Å². The minimum Gasteiger partial charge on any atom is -0.363 e. The summed E-state index contributed by atoms with van der Waals surface area (Å²) in [6.07, 6.45) is 0.221. The average molecular weight is 296 g/mol. The molecule has 2 aliphatic rings. The van der Waals surface area contributed by atoms with Crippen LogP contribution in [0.1, 0.15) is 19.4 Å². The molecule has 1 saturated heterocycles. The van der Waals surface area contributed by atoms with E-state index in [1.165, 1.54) is 10.4 Å². The monoisotopic (exact) mass is 296 g/mol. The highest BCUT2D eigenvalue weighted by molar-refractivity contribution is 7.89. The number of ether oxygens (including phenoxy) is 1. The predicted octanol–water partition coefficient (Wildman–Crippen LogP) is 0.938. The van der Waals surface area contributed by atoms with Crippen LogP contribution in [0.25, 0.3) is 0 Å². The summed E-state index contributed by atoms with van der Waals surface area (Å²) in [5, 5.41) is 2.69. The Hall–Kier alpha value is -1.44. The van der Waals surface area contributed by atoms with Crippen LogP contribution in [0.4, 0.5) is 5.69 Å². The molecular formula is C13H16N2O4S. The number of sulfonamides is 1. The van der Waals surface area contributed by atoms with E-state index < -0.39 is 15.6 Å². The van der Waals surface area contributed by atoms with Crippen molar-refractivity contribution in [3.63, 3.8) is 0 Å². The van der Waals surface area contributed by atoms with E-state index in [1.54, 1.807) is 12.1 Å². The number of hydrogen-bond donors (Lipinski definition) is 1. The molecule has 2 aliphatic heterocycles. The first-order chi connectivity index (χ1) is 9.30. The Labute approximate surface area is 117 Å². The van der Waals surface area contributed by atoms with Gasteiger partial charge in [0.2, 0.25) is 15.9 Å². The molecule has 1 aromatic rings. The maximum Gasteiger partial charge on any atom is 0.245 e. The van der Waals surface area contributed by atoms with Crippen molar-refractivity contribution < 1.29 is 17.9 Å². The highest BCUT2D eigenvalue weighted by atomic mass is 32.2. The molecule has 0 spiro atoms. The van der Waals surface area contributed by atoms with Crippen molar-refractivity contribution in [2.45, 2.75) is 30.7 Å². The van der Waals surface area contributed by atoms with Crippen molar-refractivity contribution in [3.8, 4) is 0 Å². The Balaban J connectivity index is 2.01. The van der Waals surface area contributed by atoms with Crippen LogP contribution in [-0.2, 0) is 26.0 Å². The number of rotatable bonds is 2. The molecular weight excluding hydrogens is 280 g/mol. The number of benzene rings is 1. The lowest BCUT2D eigenvalue weighted by atomic mass is 10.1. The van der Waals surface area contributed by atoms with Crippen molar-refractivity contribution in [1.82, 2.24) is 4.31 Å². The Morgan fingerprint density at radius 1 is 1.35 bits per heavy atom. The summed E-state index contributed by atoms with van der Waals surface area (Å²) in [5.41, 5.74) is 0.839. The molecule has 0 atom stereocenters. The molecule has 108 valence electrons. The molecule has 7 heteroatoms. The topological polar surface area (TPSA) is 75.7 Å². The van der Waals surface area contributed by atoms with Gasteiger partial charge in [-0.25, -0.2) is 8.42 Å². The van der Waals surface area contributed by atoms with Gasteiger partial charge in [0.05, 0.1) is 23.5 Å². The van der Waals surface area contributed by atoms with E-state index in [-0.39, 0.29) is 24.0 Å². The maximum atomic E-state index is 12.7. The number of nitrogens with zero attached hydrogens (tertiary/aromatic N) is 1. The number of hydrogen-bond acceptors (Lipinski definition) is 4. The highest BCUT2D eigenvalue weighted by Gasteiger charge is 2.42. The lowest BCUT2D eigenvalue weighted by Gasteiger charge is -2.28. The second-order valence-corrected chi connectivity index (χ2v) is 7.55. The smallest absolute Gasteiger partial charge is 0.245 e. The van der Waals surface area contributed by atoms with Crippen LogP contribution in [0.2, 0.25) is 0 Å². The molecule has 20 heavy (non-hydrogen) atoms. The van der Waals surface area contributed by atoms with Crippen LogP contribution >= 0.6 is 0 Å². The molecule has 1 amide bonds. The van der Waals surface area contributed by atoms with Crippen LogP contribution < -0.4 is 5.32 Å². The van der Waals surface area contributed by atoms with Crippen LogP contribution in [0.15, 0.2) is 23.1 Å². The molecule has 0 aliphatic carbocycles. The van der Waals surface area contributed by atoms with Gasteiger partial charge in [0.25, 0.3) is 0 Å². The third kappa shape index (κ3) is 2.02. The Morgan fingerprint density at radius 2 is 2.10 bits per heavy atom.